The summed E-state index contributed by atoms with van der Waals surface area (Å²) in [5, 5.41) is 12.4. The Labute approximate surface area is 197 Å². The first-order chi connectivity index (χ1) is 16.5. The van der Waals surface area contributed by atoms with E-state index in [0.717, 1.165) is 35.1 Å². The number of nitrogens with one attached hydrogen (secondary N) is 1. The van der Waals surface area contributed by atoms with Gasteiger partial charge in [-0.15, -0.1) is 0 Å². The van der Waals surface area contributed by atoms with Gasteiger partial charge in [0.2, 0.25) is 5.91 Å². The first kappa shape index (κ1) is 22.4. The van der Waals surface area contributed by atoms with Crippen LogP contribution in [0.3, 0.4) is 0 Å². The summed E-state index contributed by atoms with van der Waals surface area (Å²) >= 11 is 0. The molecule has 2 N–H and O–H groups in total. The zero-order chi connectivity index (χ0) is 23.7. The van der Waals surface area contributed by atoms with Crippen molar-refractivity contribution in [3.05, 3.63) is 59.7 Å². The number of alkyl carbamates (subject to hydrolysis) is 1. The van der Waals surface area contributed by atoms with Gasteiger partial charge in [0, 0.05) is 12.5 Å². The third-order valence-electron chi connectivity index (χ3n) is 7.23. The molecule has 2 amide bonds. The number of morpholine rings is 1. The number of carboxylic acid groups (broad SMARTS) is 1. The van der Waals surface area contributed by atoms with Gasteiger partial charge in [0.1, 0.15) is 12.1 Å². The molecule has 2 fully saturated rings. The molecule has 1 saturated carbocycles. The van der Waals surface area contributed by atoms with Crippen LogP contribution in [-0.4, -0.2) is 65.9 Å². The number of benzene rings is 2. The molecule has 1 unspecified atom stereocenters. The SMILES string of the molecule is O=C(NC1(C(=O)N2CCOCC2C(=O)O)CCCC1)OCC1c2ccccc2-c2ccccc21. The zero-order valence-corrected chi connectivity index (χ0v) is 18.9. The largest absolute Gasteiger partial charge is 0.480 e. The monoisotopic (exact) mass is 464 g/mol. The first-order valence-electron chi connectivity index (χ1n) is 11.7. The number of carbonyl (C=O) groups is 3. The molecule has 0 aromatic heterocycles. The Bertz CT molecular complexity index is 1060. The Hall–Kier alpha value is -3.39. The molecule has 8 nitrogen and oxygen atoms in total. The number of carbonyl (C=O) groups excluding carboxylic acids is 2. The summed E-state index contributed by atoms with van der Waals surface area (Å²) in [4.78, 5) is 39.4. The molecule has 1 atom stereocenters. The van der Waals surface area contributed by atoms with E-state index in [-0.39, 0.29) is 38.2 Å². The molecular formula is C26H28N2O6. The van der Waals surface area contributed by atoms with E-state index in [2.05, 4.69) is 17.4 Å². The number of aliphatic carboxylic acids is 1. The summed E-state index contributed by atoms with van der Waals surface area (Å²) < 4.78 is 10.9. The van der Waals surface area contributed by atoms with Crippen molar-refractivity contribution in [2.24, 2.45) is 0 Å². The second-order valence-corrected chi connectivity index (χ2v) is 9.17. The lowest BCUT2D eigenvalue weighted by Crippen LogP contribution is -2.63. The Kier molecular flexibility index (Phi) is 6.00. The summed E-state index contributed by atoms with van der Waals surface area (Å²) in [6.45, 7) is 0.558. The number of ether oxygens (including phenoxy) is 2. The fourth-order valence-corrected chi connectivity index (χ4v) is 5.53. The number of amides is 2. The predicted molar refractivity (Wildman–Crippen MR) is 123 cm³/mol. The number of carboxylic acids is 1. The van der Waals surface area contributed by atoms with Crippen LogP contribution in [-0.2, 0) is 19.1 Å². The van der Waals surface area contributed by atoms with Gasteiger partial charge in [-0.25, -0.2) is 9.59 Å². The van der Waals surface area contributed by atoms with E-state index in [4.69, 9.17) is 9.47 Å². The Morgan fingerprint density at radius 2 is 1.65 bits per heavy atom. The summed E-state index contributed by atoms with van der Waals surface area (Å²) in [7, 11) is 0. The molecule has 2 aliphatic carbocycles. The maximum atomic E-state index is 13.5. The van der Waals surface area contributed by atoms with Gasteiger partial charge in [0.05, 0.1) is 13.2 Å². The predicted octanol–water partition coefficient (Wildman–Crippen LogP) is 3.15. The molecule has 5 rings (SSSR count). The van der Waals surface area contributed by atoms with Crippen molar-refractivity contribution in [3.63, 3.8) is 0 Å². The minimum Gasteiger partial charge on any atom is -0.480 e. The highest BCUT2D eigenvalue weighted by Crippen LogP contribution is 2.44. The highest BCUT2D eigenvalue weighted by molar-refractivity contribution is 5.93. The van der Waals surface area contributed by atoms with Gasteiger partial charge in [-0.05, 0) is 35.1 Å². The number of hydrogen-bond donors (Lipinski definition) is 2. The minimum absolute atomic E-state index is 0.0535. The van der Waals surface area contributed by atoms with Gasteiger partial charge in [-0.2, -0.15) is 0 Å². The van der Waals surface area contributed by atoms with Crippen LogP contribution in [0.1, 0.15) is 42.7 Å². The van der Waals surface area contributed by atoms with Crippen LogP contribution >= 0.6 is 0 Å². The van der Waals surface area contributed by atoms with Gasteiger partial charge in [0.25, 0.3) is 0 Å². The highest BCUT2D eigenvalue weighted by Gasteiger charge is 2.48. The first-order valence-corrected chi connectivity index (χ1v) is 11.7. The Morgan fingerprint density at radius 3 is 2.26 bits per heavy atom. The summed E-state index contributed by atoms with van der Waals surface area (Å²) in [6, 6.07) is 15.1. The van der Waals surface area contributed by atoms with E-state index in [9.17, 15) is 19.5 Å². The molecule has 8 heteroatoms. The molecule has 1 saturated heterocycles. The van der Waals surface area contributed by atoms with Crippen LogP contribution in [0.2, 0.25) is 0 Å². The fourth-order valence-electron chi connectivity index (χ4n) is 5.53. The molecule has 2 aromatic rings. The van der Waals surface area contributed by atoms with Crippen molar-refractivity contribution >= 4 is 18.0 Å². The third-order valence-corrected chi connectivity index (χ3v) is 7.23. The average molecular weight is 465 g/mol. The summed E-state index contributed by atoms with van der Waals surface area (Å²) in [6.07, 6.45) is 1.81. The van der Waals surface area contributed by atoms with Crippen molar-refractivity contribution in [2.45, 2.75) is 43.2 Å². The lowest BCUT2D eigenvalue weighted by molar-refractivity contribution is -0.161. The van der Waals surface area contributed by atoms with Crippen molar-refractivity contribution < 1.29 is 29.0 Å². The van der Waals surface area contributed by atoms with Gasteiger partial charge in [-0.1, -0.05) is 61.4 Å². The second kappa shape index (κ2) is 9.10. The maximum Gasteiger partial charge on any atom is 0.408 e. The van der Waals surface area contributed by atoms with Crippen LogP contribution in [0.5, 0.6) is 0 Å². The zero-order valence-electron chi connectivity index (χ0n) is 18.9. The van der Waals surface area contributed by atoms with Gasteiger partial charge < -0.3 is 24.8 Å². The quantitative estimate of drug-likeness (QED) is 0.704. The molecule has 34 heavy (non-hydrogen) atoms. The molecular weight excluding hydrogens is 436 g/mol. The molecule has 0 bridgehead atoms. The number of nitrogens with zero attached hydrogens (tertiary/aromatic N) is 1. The average Bonchev–Trinajstić information content (AvgIpc) is 3.46. The van der Waals surface area contributed by atoms with E-state index in [1.54, 1.807) is 0 Å². The van der Waals surface area contributed by atoms with E-state index in [1.165, 1.54) is 4.90 Å². The smallest absolute Gasteiger partial charge is 0.408 e. The van der Waals surface area contributed by atoms with E-state index >= 15 is 0 Å². The molecule has 0 spiro atoms. The number of fused-ring (bicyclic) bond motifs is 3. The van der Waals surface area contributed by atoms with Crippen LogP contribution in [0.4, 0.5) is 4.79 Å². The van der Waals surface area contributed by atoms with Crippen LogP contribution in [0.25, 0.3) is 11.1 Å². The topological polar surface area (TPSA) is 105 Å². The number of hydrogen-bond acceptors (Lipinski definition) is 5. The highest BCUT2D eigenvalue weighted by atomic mass is 16.5. The molecule has 1 aliphatic heterocycles. The minimum atomic E-state index is -1.15. The van der Waals surface area contributed by atoms with Crippen molar-refractivity contribution in [1.29, 1.82) is 0 Å². The fraction of sp³-hybridized carbons (Fsp3) is 0.423. The van der Waals surface area contributed by atoms with Crippen molar-refractivity contribution in [3.8, 4) is 11.1 Å². The normalized spacial score (nSPS) is 20.9. The van der Waals surface area contributed by atoms with Crippen LogP contribution < -0.4 is 5.32 Å². The molecule has 3 aliphatic rings. The summed E-state index contributed by atoms with van der Waals surface area (Å²) in [5.74, 6) is -1.56. The molecule has 2 aromatic carbocycles. The van der Waals surface area contributed by atoms with Crippen LogP contribution in [0.15, 0.2) is 48.5 Å². The van der Waals surface area contributed by atoms with E-state index < -0.39 is 23.6 Å². The molecule has 1 heterocycles. The lowest BCUT2D eigenvalue weighted by Gasteiger charge is -2.39. The third kappa shape index (κ3) is 3.92. The van der Waals surface area contributed by atoms with E-state index in [0.29, 0.717) is 12.8 Å². The summed E-state index contributed by atoms with van der Waals surface area (Å²) in [5.41, 5.74) is 3.36. The standard InChI is InChI=1S/C26H28N2O6/c29-23(30)22-16-33-14-13-28(22)24(31)26(11-5-6-12-26)27-25(32)34-15-21-19-9-3-1-7-17(19)18-8-2-4-10-20(18)21/h1-4,7-10,21-22H,5-6,11-16H2,(H,27,32)(H,29,30). The lowest BCUT2D eigenvalue weighted by atomic mass is 9.94. The van der Waals surface area contributed by atoms with E-state index in [1.807, 2.05) is 36.4 Å². The Morgan fingerprint density at radius 1 is 1.03 bits per heavy atom. The van der Waals surface area contributed by atoms with Crippen molar-refractivity contribution in [2.75, 3.05) is 26.4 Å². The van der Waals surface area contributed by atoms with Gasteiger partial charge in [0.15, 0.2) is 6.04 Å². The molecule has 0 radical (unpaired) electrons. The van der Waals surface area contributed by atoms with Gasteiger partial charge >= 0.3 is 12.1 Å². The second-order valence-electron chi connectivity index (χ2n) is 9.17. The van der Waals surface area contributed by atoms with Crippen LogP contribution in [0, 0.1) is 0 Å². The number of rotatable bonds is 5. The maximum absolute atomic E-state index is 13.5. The van der Waals surface area contributed by atoms with Gasteiger partial charge in [-0.3, -0.25) is 4.79 Å². The van der Waals surface area contributed by atoms with Crippen molar-refractivity contribution in [1.82, 2.24) is 10.2 Å². The molecule has 178 valence electrons. The Balaban J connectivity index is 1.30.